The molecule has 16 heteroatoms. The summed E-state index contributed by atoms with van der Waals surface area (Å²) in [4.78, 5) is 32.8. The lowest BCUT2D eigenvalue weighted by atomic mass is 9.79. The molecule has 0 aromatic heterocycles. The average molecular weight is 697 g/mol. The maximum atomic E-state index is 14.1. The number of nitrogens with one attached hydrogen (secondary N) is 1. The number of hydrogen-bond acceptors (Lipinski definition) is 9. The molecule has 3 N–H and O–H groups in total. The van der Waals surface area contributed by atoms with Gasteiger partial charge in [0.2, 0.25) is 10.0 Å². The number of amides is 1. The summed E-state index contributed by atoms with van der Waals surface area (Å²) < 4.78 is 69.8. The van der Waals surface area contributed by atoms with Crippen molar-refractivity contribution in [1.29, 1.82) is 0 Å². The smallest absolute Gasteiger partial charge is 0.444 e. The van der Waals surface area contributed by atoms with Crippen LogP contribution < -0.4 is 10.8 Å². The molecule has 47 heavy (non-hydrogen) atoms. The summed E-state index contributed by atoms with van der Waals surface area (Å²) in [6.07, 6.45) is -2.21. The second kappa shape index (κ2) is 15.1. The lowest BCUT2D eigenvalue weighted by Crippen LogP contribution is -2.52. The number of nitrogens with zero attached hydrogens (tertiary/aromatic N) is 1. The Morgan fingerprint density at radius 3 is 2.19 bits per heavy atom. The second-order valence-corrected chi connectivity index (χ2v) is 16.5. The molecular formula is C31H46BN2O11PS. The topological polar surface area (TPSA) is 170 Å². The molecule has 0 radical (unpaired) electrons. The number of phosphoric acid groups is 1. The predicted octanol–water partition coefficient (Wildman–Crippen LogP) is 3.24. The van der Waals surface area contributed by atoms with Crippen LogP contribution in [0.5, 0.6) is 0 Å². The fourth-order valence-electron chi connectivity index (χ4n) is 5.30. The van der Waals surface area contributed by atoms with Gasteiger partial charge >= 0.3 is 21.0 Å². The van der Waals surface area contributed by atoms with Crippen LogP contribution in [-0.4, -0.2) is 91.5 Å². The van der Waals surface area contributed by atoms with Crippen LogP contribution in [-0.2, 0) is 44.3 Å². The van der Waals surface area contributed by atoms with Gasteiger partial charge in [0.05, 0.1) is 35.4 Å². The third-order valence-electron chi connectivity index (χ3n) is 8.48. The van der Waals surface area contributed by atoms with Crippen LogP contribution in [0, 0.1) is 5.92 Å². The number of alkyl carbamates (subject to hydrolysis) is 1. The van der Waals surface area contributed by atoms with Crippen LogP contribution in [0.15, 0.2) is 59.5 Å². The van der Waals surface area contributed by atoms with Gasteiger partial charge in [0.1, 0.15) is 12.2 Å². The van der Waals surface area contributed by atoms with Crippen LogP contribution in [0.1, 0.15) is 53.5 Å². The second-order valence-electron chi connectivity index (χ2n) is 13.3. The minimum Gasteiger partial charge on any atom is -0.444 e. The van der Waals surface area contributed by atoms with Gasteiger partial charge in [-0.05, 0) is 63.2 Å². The number of benzene rings is 2. The molecule has 4 rings (SSSR count). The molecule has 3 atom stereocenters. The van der Waals surface area contributed by atoms with Gasteiger partial charge in [-0.3, -0.25) is 4.52 Å². The van der Waals surface area contributed by atoms with Gasteiger partial charge in [0.15, 0.2) is 0 Å². The normalized spacial score (nSPS) is 20.8. The lowest BCUT2D eigenvalue weighted by Gasteiger charge is -2.33. The van der Waals surface area contributed by atoms with E-state index in [1.807, 2.05) is 41.5 Å². The van der Waals surface area contributed by atoms with Gasteiger partial charge < -0.3 is 33.9 Å². The quantitative estimate of drug-likeness (QED) is 0.196. The molecule has 2 aromatic carbocycles. The molecule has 1 amide bonds. The van der Waals surface area contributed by atoms with Crippen molar-refractivity contribution in [3.05, 3.63) is 60.2 Å². The molecule has 260 valence electrons. The highest BCUT2D eigenvalue weighted by molar-refractivity contribution is 7.89. The van der Waals surface area contributed by atoms with Crippen molar-refractivity contribution in [3.63, 3.8) is 0 Å². The van der Waals surface area contributed by atoms with Gasteiger partial charge in [-0.2, -0.15) is 4.31 Å². The summed E-state index contributed by atoms with van der Waals surface area (Å²) in [5.41, 5.74) is 0.203. The van der Waals surface area contributed by atoms with Gasteiger partial charge in [0, 0.05) is 19.5 Å². The maximum Gasteiger partial charge on any atom is 0.494 e. The minimum atomic E-state index is -5.17. The third-order valence-corrected chi connectivity index (χ3v) is 10.9. The summed E-state index contributed by atoms with van der Waals surface area (Å²) in [5, 5.41) is 2.68. The standard InChI is InChI=1S/C31H46BN2O11PS/c1-22(2)19-34(47(39,40)26-14-12-24(13-15-26)32-44-30(3,4)31(5,6)45-32)20-28(43-46(36,37)38)27(18-23-10-8-7-9-11-23)33-29(35)42-25-16-17-41-21-25/h7-15,22,25,27-28H,16-21H2,1-6H3,(H,33,35)(H2,36,37,38)/t25-,27?,28+/m0/s1. The van der Waals surface area contributed by atoms with Crippen LogP contribution >= 0.6 is 7.82 Å². The molecular weight excluding hydrogens is 650 g/mol. The number of hydrogen-bond donors (Lipinski definition) is 3. The van der Waals surface area contributed by atoms with Gasteiger partial charge in [0.25, 0.3) is 0 Å². The minimum absolute atomic E-state index is 0.00421. The molecule has 2 saturated heterocycles. The number of rotatable bonds is 14. The largest absolute Gasteiger partial charge is 0.494 e. The van der Waals surface area contributed by atoms with Crippen LogP contribution in [0.3, 0.4) is 0 Å². The van der Waals surface area contributed by atoms with Gasteiger partial charge in [-0.25, -0.2) is 17.8 Å². The molecule has 2 fully saturated rings. The Balaban J connectivity index is 1.63. The summed E-state index contributed by atoms with van der Waals surface area (Å²) in [5.74, 6) is -0.169. The van der Waals surface area contributed by atoms with E-state index in [9.17, 15) is 27.6 Å². The molecule has 1 unspecified atom stereocenters. The zero-order chi connectivity index (χ0) is 34.6. The van der Waals surface area contributed by atoms with Crippen molar-refractivity contribution in [2.45, 2.75) is 88.7 Å². The zero-order valence-corrected chi connectivity index (χ0v) is 29.4. The Morgan fingerprint density at radius 2 is 1.66 bits per heavy atom. The van der Waals surface area contributed by atoms with Crippen molar-refractivity contribution in [2.75, 3.05) is 26.3 Å². The molecule has 0 spiro atoms. The first-order valence-corrected chi connectivity index (χ1v) is 18.6. The summed E-state index contributed by atoms with van der Waals surface area (Å²) in [7, 11) is -10.1. The fourth-order valence-corrected chi connectivity index (χ4v) is 7.48. The highest BCUT2D eigenvalue weighted by Crippen LogP contribution is 2.39. The first-order valence-electron chi connectivity index (χ1n) is 15.6. The summed E-state index contributed by atoms with van der Waals surface area (Å²) >= 11 is 0. The van der Waals surface area contributed by atoms with Crippen molar-refractivity contribution >= 4 is 36.5 Å². The van der Waals surface area contributed by atoms with Crippen LogP contribution in [0.4, 0.5) is 4.79 Å². The molecule has 2 aliphatic rings. The van der Waals surface area contributed by atoms with E-state index in [-0.39, 0.29) is 30.4 Å². The van der Waals surface area contributed by atoms with Crippen molar-refractivity contribution in [1.82, 2.24) is 9.62 Å². The van der Waals surface area contributed by atoms with E-state index in [1.165, 1.54) is 12.1 Å². The molecule has 2 aromatic rings. The molecule has 0 saturated carbocycles. The summed E-state index contributed by atoms with van der Waals surface area (Å²) in [6.45, 7) is 11.5. The maximum absolute atomic E-state index is 14.1. The molecule has 0 bridgehead atoms. The monoisotopic (exact) mass is 696 g/mol. The fraction of sp³-hybridized carbons (Fsp3) is 0.581. The highest BCUT2D eigenvalue weighted by Gasteiger charge is 2.51. The zero-order valence-electron chi connectivity index (χ0n) is 27.7. The predicted molar refractivity (Wildman–Crippen MR) is 175 cm³/mol. The Hall–Kier alpha value is -2.33. The van der Waals surface area contributed by atoms with Gasteiger partial charge in [-0.15, -0.1) is 0 Å². The molecule has 13 nitrogen and oxygen atoms in total. The molecule has 2 aliphatic heterocycles. The average Bonchev–Trinajstić information content (AvgIpc) is 3.55. The van der Waals surface area contributed by atoms with E-state index in [2.05, 4.69) is 5.32 Å². The number of carbonyl (C=O) groups is 1. The van der Waals surface area contributed by atoms with E-state index in [1.54, 1.807) is 42.5 Å². The highest BCUT2D eigenvalue weighted by atomic mass is 32.2. The van der Waals surface area contributed by atoms with E-state index >= 15 is 0 Å². The Bertz CT molecular complexity index is 1480. The number of sulfonamides is 1. The van der Waals surface area contributed by atoms with Crippen LogP contribution in [0.25, 0.3) is 0 Å². The lowest BCUT2D eigenvalue weighted by molar-refractivity contribution is 0.00578. The first kappa shape index (κ1) is 37.5. The number of ether oxygens (including phenoxy) is 2. The third kappa shape index (κ3) is 10.1. The van der Waals surface area contributed by atoms with Crippen LogP contribution in [0.2, 0.25) is 0 Å². The van der Waals surface area contributed by atoms with E-state index in [0.717, 1.165) is 9.87 Å². The molecule has 2 heterocycles. The van der Waals surface area contributed by atoms with E-state index in [4.69, 9.17) is 23.3 Å². The van der Waals surface area contributed by atoms with Crippen molar-refractivity contribution in [3.8, 4) is 0 Å². The van der Waals surface area contributed by atoms with Crippen molar-refractivity contribution < 1.29 is 50.9 Å². The Kier molecular flexibility index (Phi) is 12.0. The van der Waals surface area contributed by atoms with E-state index < -0.39 is 67.1 Å². The Labute approximate surface area is 277 Å². The summed E-state index contributed by atoms with van der Waals surface area (Å²) in [6, 6.07) is 14.0. The number of phosphoric ester groups is 1. The van der Waals surface area contributed by atoms with E-state index in [0.29, 0.717) is 18.5 Å². The Morgan fingerprint density at radius 1 is 1.04 bits per heavy atom. The first-order chi connectivity index (χ1) is 21.9. The van der Waals surface area contributed by atoms with Gasteiger partial charge in [-0.1, -0.05) is 56.3 Å². The number of carbonyl (C=O) groups excluding carboxylic acids is 1. The van der Waals surface area contributed by atoms with Crippen molar-refractivity contribution in [2.24, 2.45) is 5.92 Å². The molecule has 0 aliphatic carbocycles. The SMILES string of the molecule is CC(C)CN(C[C@@H](OP(=O)(O)O)C(Cc1ccccc1)NC(=O)O[C@H]1CCOC1)S(=O)(=O)c1ccc(B2OC(C)(C)C(C)(C)O2)cc1.